The molecular weight excluding hydrogens is 269 g/mol. The summed E-state index contributed by atoms with van der Waals surface area (Å²) in [5.41, 5.74) is -0.316. The third kappa shape index (κ3) is 2.83. The Morgan fingerprint density at radius 3 is 2.81 bits per heavy atom. The maximum Gasteiger partial charge on any atom is 0.136 e. The maximum absolute atomic E-state index is 13.3. The van der Waals surface area contributed by atoms with Crippen molar-refractivity contribution < 1.29 is 13.9 Å². The zero-order chi connectivity index (χ0) is 15.0. The summed E-state index contributed by atoms with van der Waals surface area (Å²) in [5.74, 6) is 0.280. The lowest BCUT2D eigenvalue weighted by atomic mass is 9.92. The topological polar surface area (TPSA) is 36.6 Å². The van der Waals surface area contributed by atoms with E-state index in [1.165, 1.54) is 12.1 Å². The lowest BCUT2D eigenvalue weighted by Gasteiger charge is -2.26. The molecule has 0 spiro atoms. The number of furan rings is 1. The van der Waals surface area contributed by atoms with Crippen LogP contribution in [0.2, 0.25) is 0 Å². The van der Waals surface area contributed by atoms with E-state index in [-0.39, 0.29) is 5.82 Å². The molecule has 2 aromatic rings. The minimum Gasteiger partial charge on any atom is -0.458 e. The monoisotopic (exact) mass is 291 g/mol. The van der Waals surface area contributed by atoms with Crippen LogP contribution in [-0.4, -0.2) is 29.1 Å². The van der Waals surface area contributed by atoms with Crippen molar-refractivity contribution in [1.82, 2.24) is 4.90 Å². The van der Waals surface area contributed by atoms with Crippen LogP contribution < -0.4 is 0 Å². The van der Waals surface area contributed by atoms with Crippen molar-refractivity contribution in [2.45, 2.75) is 44.8 Å². The summed E-state index contributed by atoms with van der Waals surface area (Å²) in [6.07, 6.45) is 2.26. The zero-order valence-electron chi connectivity index (χ0n) is 12.6. The van der Waals surface area contributed by atoms with E-state index in [0.717, 1.165) is 19.5 Å². The summed E-state index contributed by atoms with van der Waals surface area (Å²) >= 11 is 0. The van der Waals surface area contributed by atoms with Gasteiger partial charge in [-0.15, -0.1) is 0 Å². The Morgan fingerprint density at radius 1 is 1.24 bits per heavy atom. The van der Waals surface area contributed by atoms with Crippen LogP contribution in [-0.2, 0) is 5.60 Å². The fourth-order valence-corrected chi connectivity index (χ4v) is 3.15. The van der Waals surface area contributed by atoms with Gasteiger partial charge in [-0.2, -0.15) is 0 Å². The Kier molecular flexibility index (Phi) is 3.76. The number of benzene rings is 1. The van der Waals surface area contributed by atoms with Crippen LogP contribution in [0.4, 0.5) is 4.39 Å². The number of likely N-dealkylation sites (tertiary alicyclic amines) is 1. The number of aliphatic hydroxyl groups is 1. The predicted octanol–water partition coefficient (Wildman–Crippen LogP) is 3.65. The molecule has 2 heterocycles. The molecule has 1 unspecified atom stereocenters. The van der Waals surface area contributed by atoms with Crippen molar-refractivity contribution in [2.24, 2.45) is 0 Å². The van der Waals surface area contributed by atoms with Gasteiger partial charge in [-0.1, -0.05) is 0 Å². The van der Waals surface area contributed by atoms with Crippen LogP contribution in [0.15, 0.2) is 28.7 Å². The summed E-state index contributed by atoms with van der Waals surface area (Å²) < 4.78 is 19.1. The number of nitrogens with zero attached hydrogens (tertiary/aromatic N) is 1. The van der Waals surface area contributed by atoms with Gasteiger partial charge in [0.05, 0.1) is 0 Å². The molecule has 4 heteroatoms. The molecule has 114 valence electrons. The average Bonchev–Trinajstić information content (AvgIpc) is 2.75. The zero-order valence-corrected chi connectivity index (χ0v) is 12.6. The van der Waals surface area contributed by atoms with Crippen LogP contribution in [0.25, 0.3) is 11.0 Å². The highest BCUT2D eigenvalue weighted by Gasteiger charge is 2.35. The molecule has 1 aliphatic heterocycles. The summed E-state index contributed by atoms with van der Waals surface area (Å²) in [6.45, 7) is 6.19. The number of fused-ring (bicyclic) bond motifs is 1. The summed E-state index contributed by atoms with van der Waals surface area (Å²) in [6, 6.07) is 6.71. The van der Waals surface area contributed by atoms with Gasteiger partial charge in [-0.05, 0) is 63.9 Å². The molecule has 3 nitrogen and oxygen atoms in total. The molecule has 21 heavy (non-hydrogen) atoms. The number of hydrogen-bond acceptors (Lipinski definition) is 3. The standard InChI is InChI=1S/C17H22FNO2/c1-12(2)19-8-3-6-17(20,7-9-19)16-11-13-10-14(18)4-5-15(13)21-16/h4-5,10-12,20H,3,6-9H2,1-2H3. The van der Waals surface area contributed by atoms with Gasteiger partial charge in [-0.3, -0.25) is 0 Å². The molecule has 1 N–H and O–H groups in total. The van der Waals surface area contributed by atoms with Crippen LogP contribution in [0.3, 0.4) is 0 Å². The molecule has 1 aliphatic rings. The van der Waals surface area contributed by atoms with Crippen molar-refractivity contribution in [3.63, 3.8) is 0 Å². The minimum absolute atomic E-state index is 0.284. The molecule has 0 saturated carbocycles. The van der Waals surface area contributed by atoms with Gasteiger partial charge >= 0.3 is 0 Å². The van der Waals surface area contributed by atoms with E-state index in [1.54, 1.807) is 12.1 Å². The molecule has 0 aliphatic carbocycles. The maximum atomic E-state index is 13.3. The third-order valence-electron chi connectivity index (χ3n) is 4.52. The quantitative estimate of drug-likeness (QED) is 0.917. The number of halogens is 1. The van der Waals surface area contributed by atoms with Crippen molar-refractivity contribution in [3.05, 3.63) is 35.8 Å². The van der Waals surface area contributed by atoms with Crippen molar-refractivity contribution in [2.75, 3.05) is 13.1 Å². The molecule has 1 saturated heterocycles. The highest BCUT2D eigenvalue weighted by Crippen LogP contribution is 2.36. The first-order valence-electron chi connectivity index (χ1n) is 7.64. The van der Waals surface area contributed by atoms with Gasteiger partial charge < -0.3 is 14.4 Å². The Bertz CT molecular complexity index is 637. The molecule has 1 aromatic heterocycles. The molecule has 0 amide bonds. The molecule has 1 aromatic carbocycles. The van der Waals surface area contributed by atoms with Gasteiger partial charge in [0.25, 0.3) is 0 Å². The lowest BCUT2D eigenvalue weighted by molar-refractivity contribution is 0.00111. The van der Waals surface area contributed by atoms with Crippen molar-refractivity contribution in [1.29, 1.82) is 0 Å². The predicted molar refractivity (Wildman–Crippen MR) is 80.6 cm³/mol. The molecule has 1 atom stereocenters. The number of rotatable bonds is 2. The average molecular weight is 291 g/mol. The lowest BCUT2D eigenvalue weighted by Crippen LogP contribution is -2.33. The van der Waals surface area contributed by atoms with Gasteiger partial charge in [-0.25, -0.2) is 4.39 Å². The SMILES string of the molecule is CC(C)N1CCCC(O)(c2cc3cc(F)ccc3o2)CC1. The highest BCUT2D eigenvalue weighted by molar-refractivity contribution is 5.78. The second-order valence-corrected chi connectivity index (χ2v) is 6.31. The van der Waals surface area contributed by atoms with Gasteiger partial charge in [0, 0.05) is 18.0 Å². The van der Waals surface area contributed by atoms with E-state index in [2.05, 4.69) is 18.7 Å². The second kappa shape index (κ2) is 5.43. The van der Waals surface area contributed by atoms with Crippen LogP contribution in [0, 0.1) is 5.82 Å². The van der Waals surface area contributed by atoms with E-state index < -0.39 is 5.60 Å². The molecule has 1 fully saturated rings. The van der Waals surface area contributed by atoms with Crippen LogP contribution >= 0.6 is 0 Å². The normalized spacial score (nSPS) is 24.6. The smallest absolute Gasteiger partial charge is 0.136 e. The molecular formula is C17H22FNO2. The van der Waals surface area contributed by atoms with E-state index in [1.807, 2.05) is 0 Å². The first kappa shape index (κ1) is 14.5. The minimum atomic E-state index is -0.945. The van der Waals surface area contributed by atoms with E-state index >= 15 is 0 Å². The van der Waals surface area contributed by atoms with Crippen molar-refractivity contribution in [3.8, 4) is 0 Å². The van der Waals surface area contributed by atoms with E-state index in [9.17, 15) is 9.50 Å². The Hall–Kier alpha value is -1.39. The second-order valence-electron chi connectivity index (χ2n) is 6.31. The fraction of sp³-hybridized carbons (Fsp3) is 0.529. The van der Waals surface area contributed by atoms with E-state index in [4.69, 9.17) is 4.42 Å². The third-order valence-corrected chi connectivity index (χ3v) is 4.52. The molecule has 0 bridgehead atoms. The summed E-state index contributed by atoms with van der Waals surface area (Å²) in [7, 11) is 0. The largest absolute Gasteiger partial charge is 0.458 e. The Balaban J connectivity index is 1.89. The number of hydrogen-bond donors (Lipinski definition) is 1. The van der Waals surface area contributed by atoms with Gasteiger partial charge in [0.15, 0.2) is 0 Å². The summed E-state index contributed by atoms with van der Waals surface area (Å²) in [5, 5.41) is 11.7. The molecule has 3 rings (SSSR count). The van der Waals surface area contributed by atoms with Crippen LogP contribution in [0.1, 0.15) is 38.9 Å². The Morgan fingerprint density at radius 2 is 2.05 bits per heavy atom. The first-order chi connectivity index (χ1) is 9.98. The van der Waals surface area contributed by atoms with Gasteiger partial charge in [0.2, 0.25) is 0 Å². The van der Waals surface area contributed by atoms with Gasteiger partial charge in [0.1, 0.15) is 22.8 Å². The van der Waals surface area contributed by atoms with Crippen molar-refractivity contribution >= 4 is 11.0 Å². The van der Waals surface area contributed by atoms with Crippen LogP contribution in [0.5, 0.6) is 0 Å². The van der Waals surface area contributed by atoms with E-state index in [0.29, 0.717) is 35.6 Å². The summed E-state index contributed by atoms with van der Waals surface area (Å²) in [4.78, 5) is 2.38. The molecule has 0 radical (unpaired) electrons. The first-order valence-corrected chi connectivity index (χ1v) is 7.64. The fourth-order valence-electron chi connectivity index (χ4n) is 3.15. The Labute approximate surface area is 124 Å². The highest BCUT2D eigenvalue weighted by atomic mass is 19.1.